The van der Waals surface area contributed by atoms with E-state index in [1.807, 2.05) is 19.1 Å². The molecule has 26 heavy (non-hydrogen) atoms. The number of nitrogens with zero attached hydrogens (tertiary/aromatic N) is 2. The Morgan fingerprint density at radius 1 is 1.04 bits per heavy atom. The fourth-order valence-corrected chi connectivity index (χ4v) is 2.44. The third-order valence-electron chi connectivity index (χ3n) is 4.12. The van der Waals surface area contributed by atoms with Crippen molar-refractivity contribution in [3.05, 3.63) is 68.0 Å². The largest absolute Gasteiger partial charge is 0.352 e. The van der Waals surface area contributed by atoms with E-state index >= 15 is 0 Å². The Bertz CT molecular complexity index is 943. The Balaban J connectivity index is 1.85. The van der Waals surface area contributed by atoms with E-state index in [1.54, 1.807) is 12.1 Å². The van der Waals surface area contributed by atoms with Crippen molar-refractivity contribution < 1.29 is 9.59 Å². The zero-order valence-corrected chi connectivity index (χ0v) is 15.0. The molecule has 2 N–H and O–H groups in total. The van der Waals surface area contributed by atoms with Gasteiger partial charge in [-0.3, -0.25) is 23.5 Å². The van der Waals surface area contributed by atoms with Crippen molar-refractivity contribution in [3.63, 3.8) is 0 Å². The van der Waals surface area contributed by atoms with Crippen LogP contribution in [0.4, 0.5) is 0 Å². The lowest BCUT2D eigenvalue weighted by atomic mass is 10.1. The summed E-state index contributed by atoms with van der Waals surface area (Å²) in [7, 11) is 2.93. The molecule has 2 rings (SSSR count). The Labute approximate surface area is 150 Å². The Morgan fingerprint density at radius 3 is 2.42 bits per heavy atom. The minimum Gasteiger partial charge on any atom is -0.352 e. The van der Waals surface area contributed by atoms with Gasteiger partial charge in [-0.15, -0.1) is 0 Å². The van der Waals surface area contributed by atoms with Crippen LogP contribution in [0.3, 0.4) is 0 Å². The van der Waals surface area contributed by atoms with Crippen LogP contribution < -0.4 is 21.9 Å². The predicted molar refractivity (Wildman–Crippen MR) is 96.9 cm³/mol. The zero-order valence-electron chi connectivity index (χ0n) is 15.0. The van der Waals surface area contributed by atoms with Gasteiger partial charge in [0.2, 0.25) is 5.91 Å². The van der Waals surface area contributed by atoms with Crippen molar-refractivity contribution >= 4 is 11.8 Å². The van der Waals surface area contributed by atoms with E-state index in [-0.39, 0.29) is 31.3 Å². The van der Waals surface area contributed by atoms with Crippen LogP contribution in [-0.2, 0) is 25.4 Å². The van der Waals surface area contributed by atoms with Crippen LogP contribution in [0.25, 0.3) is 0 Å². The van der Waals surface area contributed by atoms with E-state index in [2.05, 4.69) is 10.6 Å². The molecular weight excluding hydrogens is 336 g/mol. The first-order chi connectivity index (χ1) is 12.3. The third kappa shape index (κ3) is 4.47. The lowest BCUT2D eigenvalue weighted by molar-refractivity contribution is -0.121. The van der Waals surface area contributed by atoms with Gasteiger partial charge in [-0.05, 0) is 18.6 Å². The maximum Gasteiger partial charge on any atom is 0.330 e. The molecule has 0 fully saturated rings. The summed E-state index contributed by atoms with van der Waals surface area (Å²) in [6.45, 7) is 2.09. The summed E-state index contributed by atoms with van der Waals surface area (Å²) in [5.74, 6) is -0.520. The topological polar surface area (TPSA) is 102 Å². The quantitative estimate of drug-likeness (QED) is 0.748. The van der Waals surface area contributed by atoms with Crippen LogP contribution in [0.2, 0.25) is 0 Å². The lowest BCUT2D eigenvalue weighted by Gasteiger charge is -2.11. The maximum atomic E-state index is 12.1. The number of nitrogens with one attached hydrogen (secondary N) is 2. The molecule has 0 aliphatic heterocycles. The molecule has 1 aromatic heterocycles. The summed E-state index contributed by atoms with van der Waals surface area (Å²) in [6, 6.07) is 8.51. The van der Waals surface area contributed by atoms with Gasteiger partial charge in [0.1, 0.15) is 0 Å². The molecule has 2 amide bonds. The van der Waals surface area contributed by atoms with E-state index in [1.165, 1.54) is 24.7 Å². The van der Waals surface area contributed by atoms with E-state index in [0.29, 0.717) is 11.3 Å². The molecule has 1 aromatic carbocycles. The Hall–Kier alpha value is -3.16. The second kappa shape index (κ2) is 8.28. The minimum atomic E-state index is -0.452. The van der Waals surface area contributed by atoms with Crippen molar-refractivity contribution in [2.45, 2.75) is 19.9 Å². The molecule has 2 aromatic rings. The Kier molecular flexibility index (Phi) is 6.11. The summed E-state index contributed by atoms with van der Waals surface area (Å²) >= 11 is 0. The summed E-state index contributed by atoms with van der Waals surface area (Å²) in [5.41, 5.74) is 0.967. The number of hydrogen-bond donors (Lipinski definition) is 2. The van der Waals surface area contributed by atoms with Gasteiger partial charge in [-0.25, -0.2) is 4.79 Å². The van der Waals surface area contributed by atoms with Crippen LogP contribution in [0.1, 0.15) is 28.0 Å². The van der Waals surface area contributed by atoms with Crippen molar-refractivity contribution in [2.75, 3.05) is 6.54 Å². The standard InChI is InChI=1S/C18H22N4O4/c1-12-6-4-5-7-14(12)17(25)19-9-8-15(23)20-11-13-10-16(24)22(3)18(26)21(13)2/h4-7,10H,8-9,11H2,1-3H3,(H,19,25)(H,20,23). The van der Waals surface area contributed by atoms with Crippen molar-refractivity contribution in [1.29, 1.82) is 0 Å². The predicted octanol–water partition coefficient (Wildman–Crippen LogP) is -0.171. The highest BCUT2D eigenvalue weighted by molar-refractivity contribution is 5.95. The molecule has 1 heterocycles. The van der Waals surface area contributed by atoms with Gasteiger partial charge in [0.15, 0.2) is 0 Å². The fourth-order valence-electron chi connectivity index (χ4n) is 2.44. The van der Waals surface area contributed by atoms with Crippen LogP contribution in [0, 0.1) is 6.92 Å². The SMILES string of the molecule is Cc1ccccc1C(=O)NCCC(=O)NCc1cc(=O)n(C)c(=O)n1C. The molecule has 0 saturated heterocycles. The molecule has 0 unspecified atom stereocenters. The monoisotopic (exact) mass is 358 g/mol. The average Bonchev–Trinajstić information content (AvgIpc) is 2.62. The first-order valence-corrected chi connectivity index (χ1v) is 8.17. The normalized spacial score (nSPS) is 10.4. The van der Waals surface area contributed by atoms with Crippen molar-refractivity contribution in [1.82, 2.24) is 19.8 Å². The van der Waals surface area contributed by atoms with E-state index in [9.17, 15) is 19.2 Å². The van der Waals surface area contributed by atoms with E-state index in [0.717, 1.165) is 10.1 Å². The van der Waals surface area contributed by atoms with Gasteiger partial charge in [0, 0.05) is 44.4 Å². The number of carbonyl (C=O) groups is 2. The maximum absolute atomic E-state index is 12.1. The molecule has 0 aliphatic rings. The number of aromatic nitrogens is 2. The molecule has 8 heteroatoms. The van der Waals surface area contributed by atoms with E-state index < -0.39 is 11.2 Å². The van der Waals surface area contributed by atoms with Crippen LogP contribution >= 0.6 is 0 Å². The van der Waals surface area contributed by atoms with Gasteiger partial charge in [0.25, 0.3) is 11.5 Å². The number of rotatable bonds is 6. The van der Waals surface area contributed by atoms with Gasteiger partial charge in [0.05, 0.1) is 6.54 Å². The smallest absolute Gasteiger partial charge is 0.330 e. The van der Waals surface area contributed by atoms with Crippen LogP contribution in [0.15, 0.2) is 39.9 Å². The Morgan fingerprint density at radius 2 is 1.73 bits per heavy atom. The fraction of sp³-hybridized carbons (Fsp3) is 0.333. The summed E-state index contributed by atoms with van der Waals surface area (Å²) in [5, 5.41) is 5.34. The summed E-state index contributed by atoms with van der Waals surface area (Å²) in [4.78, 5) is 47.5. The molecule has 0 bridgehead atoms. The summed E-state index contributed by atoms with van der Waals surface area (Å²) < 4.78 is 2.30. The van der Waals surface area contributed by atoms with Gasteiger partial charge in [-0.1, -0.05) is 18.2 Å². The molecule has 138 valence electrons. The molecular formula is C18H22N4O4. The van der Waals surface area contributed by atoms with Crippen LogP contribution in [-0.4, -0.2) is 27.5 Å². The second-order valence-corrected chi connectivity index (χ2v) is 5.97. The molecule has 0 atom stereocenters. The van der Waals surface area contributed by atoms with Crippen LogP contribution in [0.5, 0.6) is 0 Å². The van der Waals surface area contributed by atoms with E-state index in [4.69, 9.17) is 0 Å². The molecule has 0 spiro atoms. The van der Waals surface area contributed by atoms with Gasteiger partial charge in [-0.2, -0.15) is 0 Å². The highest BCUT2D eigenvalue weighted by Gasteiger charge is 2.10. The molecule has 0 aliphatic carbocycles. The first-order valence-electron chi connectivity index (χ1n) is 8.17. The zero-order chi connectivity index (χ0) is 19.3. The minimum absolute atomic E-state index is 0.0619. The highest BCUT2D eigenvalue weighted by Crippen LogP contribution is 2.06. The van der Waals surface area contributed by atoms with Gasteiger partial charge < -0.3 is 10.6 Å². The molecule has 0 saturated carbocycles. The number of benzene rings is 1. The highest BCUT2D eigenvalue weighted by atomic mass is 16.2. The first kappa shape index (κ1) is 19.2. The number of hydrogen-bond acceptors (Lipinski definition) is 4. The number of carbonyl (C=O) groups excluding carboxylic acids is 2. The van der Waals surface area contributed by atoms with Gasteiger partial charge >= 0.3 is 5.69 Å². The number of aryl methyl sites for hydroxylation is 1. The molecule has 8 nitrogen and oxygen atoms in total. The average molecular weight is 358 g/mol. The third-order valence-corrected chi connectivity index (χ3v) is 4.12. The van der Waals surface area contributed by atoms with Crippen molar-refractivity contribution in [2.24, 2.45) is 14.1 Å². The second-order valence-electron chi connectivity index (χ2n) is 5.97. The van der Waals surface area contributed by atoms with Crippen molar-refractivity contribution in [3.8, 4) is 0 Å². The lowest BCUT2D eigenvalue weighted by Crippen LogP contribution is -2.39. The number of amides is 2. The molecule has 0 radical (unpaired) electrons. The summed E-state index contributed by atoms with van der Waals surface area (Å²) in [6.07, 6.45) is 0.0937.